The minimum Gasteiger partial charge on any atom is -0.374 e. The Labute approximate surface area is 142 Å². The summed E-state index contributed by atoms with van der Waals surface area (Å²) >= 11 is 1.65. The smallest absolute Gasteiger partial charge is 0.0855 e. The normalized spacial score (nSPS) is 20.5. The number of thiazole rings is 1. The van der Waals surface area contributed by atoms with Crippen molar-refractivity contribution in [3.05, 3.63) is 52.5 Å². The topological polar surface area (TPSA) is 37.4 Å². The largest absolute Gasteiger partial charge is 0.374 e. The average molecular weight is 331 g/mol. The van der Waals surface area contributed by atoms with Crippen molar-refractivity contribution < 1.29 is 4.74 Å². The SMILES string of the molecule is CC[C@@H](NCc1cscn1)[C@H]1CN(Cc2ccccc2)CCO1. The third-order valence-corrected chi connectivity index (χ3v) is 4.98. The molecule has 1 aromatic carbocycles. The second-order valence-corrected chi connectivity index (χ2v) is 6.72. The van der Waals surface area contributed by atoms with Crippen LogP contribution in [0, 0.1) is 0 Å². The van der Waals surface area contributed by atoms with E-state index in [1.165, 1.54) is 5.56 Å². The highest BCUT2D eigenvalue weighted by Gasteiger charge is 2.27. The number of morpholine rings is 1. The van der Waals surface area contributed by atoms with Gasteiger partial charge in [0.2, 0.25) is 0 Å². The molecule has 2 heterocycles. The van der Waals surface area contributed by atoms with Gasteiger partial charge in [-0.25, -0.2) is 4.98 Å². The molecule has 23 heavy (non-hydrogen) atoms. The van der Waals surface area contributed by atoms with Crippen molar-refractivity contribution in [3.63, 3.8) is 0 Å². The molecule has 0 bridgehead atoms. The summed E-state index contributed by atoms with van der Waals surface area (Å²) in [5.74, 6) is 0. The minimum atomic E-state index is 0.246. The Morgan fingerprint density at radius 2 is 2.26 bits per heavy atom. The third-order valence-electron chi connectivity index (χ3n) is 4.34. The molecule has 0 saturated carbocycles. The van der Waals surface area contributed by atoms with Crippen LogP contribution < -0.4 is 5.32 Å². The van der Waals surface area contributed by atoms with Crippen molar-refractivity contribution in [2.75, 3.05) is 19.7 Å². The van der Waals surface area contributed by atoms with Crippen LogP contribution >= 0.6 is 11.3 Å². The summed E-state index contributed by atoms with van der Waals surface area (Å²) in [4.78, 5) is 6.84. The van der Waals surface area contributed by atoms with Crippen LogP contribution in [0.2, 0.25) is 0 Å². The fourth-order valence-corrected chi connectivity index (χ4v) is 3.62. The van der Waals surface area contributed by atoms with E-state index in [1.54, 1.807) is 11.3 Å². The van der Waals surface area contributed by atoms with Crippen molar-refractivity contribution in [3.8, 4) is 0 Å². The zero-order valence-corrected chi connectivity index (χ0v) is 14.5. The molecule has 1 saturated heterocycles. The predicted octanol–water partition coefficient (Wildman–Crippen LogP) is 2.91. The van der Waals surface area contributed by atoms with Crippen LogP contribution in [-0.4, -0.2) is 41.7 Å². The molecule has 4 nitrogen and oxygen atoms in total. The van der Waals surface area contributed by atoms with Crippen molar-refractivity contribution in [1.82, 2.24) is 15.2 Å². The summed E-state index contributed by atoms with van der Waals surface area (Å²) in [5, 5.41) is 5.72. The van der Waals surface area contributed by atoms with Crippen LogP contribution in [0.5, 0.6) is 0 Å². The second-order valence-electron chi connectivity index (χ2n) is 6.01. The van der Waals surface area contributed by atoms with Crippen molar-refractivity contribution in [2.24, 2.45) is 0 Å². The number of hydrogen-bond acceptors (Lipinski definition) is 5. The summed E-state index contributed by atoms with van der Waals surface area (Å²) in [5.41, 5.74) is 4.37. The van der Waals surface area contributed by atoms with E-state index >= 15 is 0 Å². The molecule has 2 atom stereocenters. The van der Waals surface area contributed by atoms with Gasteiger partial charge in [0.05, 0.1) is 23.9 Å². The van der Waals surface area contributed by atoms with Crippen molar-refractivity contribution in [2.45, 2.75) is 38.6 Å². The number of aromatic nitrogens is 1. The van der Waals surface area contributed by atoms with Gasteiger partial charge >= 0.3 is 0 Å². The van der Waals surface area contributed by atoms with Gasteiger partial charge in [-0.05, 0) is 12.0 Å². The first-order valence-electron chi connectivity index (χ1n) is 8.33. The maximum Gasteiger partial charge on any atom is 0.0855 e. The van der Waals surface area contributed by atoms with Gasteiger partial charge in [-0.15, -0.1) is 11.3 Å². The van der Waals surface area contributed by atoms with Crippen molar-refractivity contribution >= 4 is 11.3 Å². The number of hydrogen-bond donors (Lipinski definition) is 1. The van der Waals surface area contributed by atoms with Gasteiger partial charge in [0.15, 0.2) is 0 Å². The van der Waals surface area contributed by atoms with Gasteiger partial charge < -0.3 is 10.1 Å². The molecule has 1 fully saturated rings. The molecular formula is C18H25N3OS. The Morgan fingerprint density at radius 1 is 1.39 bits per heavy atom. The lowest BCUT2D eigenvalue weighted by Gasteiger charge is -2.37. The quantitative estimate of drug-likeness (QED) is 0.846. The van der Waals surface area contributed by atoms with E-state index in [4.69, 9.17) is 4.74 Å². The van der Waals surface area contributed by atoms with E-state index in [2.05, 4.69) is 57.8 Å². The first-order chi connectivity index (χ1) is 11.3. The molecule has 2 aromatic rings. The van der Waals surface area contributed by atoms with Gasteiger partial charge in [0.25, 0.3) is 0 Å². The zero-order valence-electron chi connectivity index (χ0n) is 13.6. The molecule has 1 aromatic heterocycles. The van der Waals surface area contributed by atoms with Crippen LogP contribution in [0.4, 0.5) is 0 Å². The van der Waals surface area contributed by atoms with Gasteiger partial charge in [0, 0.05) is 37.6 Å². The molecule has 1 aliphatic rings. The Hall–Kier alpha value is -1.27. The molecule has 0 aliphatic carbocycles. The number of nitrogens with zero attached hydrogens (tertiary/aromatic N) is 2. The summed E-state index contributed by atoms with van der Waals surface area (Å²) in [6.45, 7) is 6.85. The van der Waals surface area contributed by atoms with Gasteiger partial charge in [0.1, 0.15) is 0 Å². The lowest BCUT2D eigenvalue weighted by Crippen LogP contribution is -2.51. The number of benzene rings is 1. The highest BCUT2D eigenvalue weighted by molar-refractivity contribution is 7.07. The first-order valence-corrected chi connectivity index (χ1v) is 9.27. The molecule has 0 radical (unpaired) electrons. The fraction of sp³-hybridized carbons (Fsp3) is 0.500. The monoisotopic (exact) mass is 331 g/mol. The highest BCUT2D eigenvalue weighted by atomic mass is 32.1. The molecule has 5 heteroatoms. The third kappa shape index (κ3) is 4.85. The molecule has 0 amide bonds. The van der Waals surface area contributed by atoms with E-state index in [-0.39, 0.29) is 6.10 Å². The second kappa shape index (κ2) is 8.55. The van der Waals surface area contributed by atoms with E-state index in [9.17, 15) is 0 Å². The van der Waals surface area contributed by atoms with Gasteiger partial charge in [-0.2, -0.15) is 0 Å². The van der Waals surface area contributed by atoms with Gasteiger partial charge in [-0.3, -0.25) is 4.90 Å². The number of rotatable bonds is 7. The fourth-order valence-electron chi connectivity index (χ4n) is 3.06. The maximum absolute atomic E-state index is 6.05. The van der Waals surface area contributed by atoms with E-state index in [0.717, 1.165) is 44.9 Å². The Bertz CT molecular complexity index is 561. The van der Waals surface area contributed by atoms with E-state index < -0.39 is 0 Å². The molecule has 1 aliphatic heterocycles. The van der Waals surface area contributed by atoms with Crippen molar-refractivity contribution in [1.29, 1.82) is 0 Å². The standard InChI is InChI=1S/C18H25N3OS/c1-2-17(19-10-16-13-23-14-20-16)18-12-21(8-9-22-18)11-15-6-4-3-5-7-15/h3-7,13-14,17-19H,2,8-12H2,1H3/t17-,18-/m1/s1. The molecule has 124 valence electrons. The molecule has 1 N–H and O–H groups in total. The molecular weight excluding hydrogens is 306 g/mol. The van der Waals surface area contributed by atoms with E-state index in [0.29, 0.717) is 6.04 Å². The maximum atomic E-state index is 6.05. The summed E-state index contributed by atoms with van der Waals surface area (Å²) in [6, 6.07) is 11.1. The van der Waals surface area contributed by atoms with Crippen LogP contribution in [-0.2, 0) is 17.8 Å². The number of ether oxygens (including phenoxy) is 1. The lowest BCUT2D eigenvalue weighted by molar-refractivity contribution is -0.0499. The summed E-state index contributed by atoms with van der Waals surface area (Å²) in [6.07, 6.45) is 1.31. The van der Waals surface area contributed by atoms with Crippen LogP contribution in [0.1, 0.15) is 24.6 Å². The predicted molar refractivity (Wildman–Crippen MR) is 94.5 cm³/mol. The average Bonchev–Trinajstić information content (AvgIpc) is 3.10. The lowest BCUT2D eigenvalue weighted by atomic mass is 10.1. The van der Waals surface area contributed by atoms with Crippen LogP contribution in [0.25, 0.3) is 0 Å². The molecule has 3 rings (SSSR count). The summed E-state index contributed by atoms with van der Waals surface area (Å²) < 4.78 is 6.05. The van der Waals surface area contributed by atoms with Crippen LogP contribution in [0.15, 0.2) is 41.2 Å². The Morgan fingerprint density at radius 3 is 3.00 bits per heavy atom. The van der Waals surface area contributed by atoms with E-state index in [1.807, 2.05) is 5.51 Å². The summed E-state index contributed by atoms with van der Waals surface area (Å²) in [7, 11) is 0. The Balaban J connectivity index is 1.53. The van der Waals surface area contributed by atoms with Gasteiger partial charge in [-0.1, -0.05) is 37.3 Å². The number of nitrogens with one attached hydrogen (secondary N) is 1. The minimum absolute atomic E-state index is 0.246. The van der Waals surface area contributed by atoms with Crippen LogP contribution in [0.3, 0.4) is 0 Å². The first kappa shape index (κ1) is 16.6. The Kier molecular flexibility index (Phi) is 6.16. The highest BCUT2D eigenvalue weighted by Crippen LogP contribution is 2.15. The molecule has 0 spiro atoms. The molecule has 0 unspecified atom stereocenters. The zero-order chi connectivity index (χ0) is 15.9.